The second-order valence-corrected chi connectivity index (χ2v) is 5.90. The Labute approximate surface area is 148 Å². The summed E-state index contributed by atoms with van der Waals surface area (Å²) in [5.41, 5.74) is 6.17. The molecule has 2 aromatic rings. The molecule has 26 heavy (non-hydrogen) atoms. The number of aromatic nitrogens is 3. The van der Waals surface area contributed by atoms with E-state index in [9.17, 15) is 13.2 Å². The third kappa shape index (κ3) is 4.87. The summed E-state index contributed by atoms with van der Waals surface area (Å²) >= 11 is 0. The predicted octanol–water partition coefficient (Wildman–Crippen LogP) is 2.83. The summed E-state index contributed by atoms with van der Waals surface area (Å²) in [6, 6.07) is 5.39. The number of ether oxygens (including phenoxy) is 1. The average molecular weight is 368 g/mol. The summed E-state index contributed by atoms with van der Waals surface area (Å²) in [5.74, 6) is 1.41. The SMILES string of the molecule is NC(=NCc1nnc2n1CCCCC2)Nc1cccc(OC(F)(F)F)c1. The van der Waals surface area contributed by atoms with E-state index in [1.807, 2.05) is 0 Å². The zero-order valence-corrected chi connectivity index (χ0v) is 14.0. The number of benzene rings is 1. The summed E-state index contributed by atoms with van der Waals surface area (Å²) in [5, 5.41) is 11.1. The number of halogens is 3. The van der Waals surface area contributed by atoms with Gasteiger partial charge >= 0.3 is 6.36 Å². The summed E-state index contributed by atoms with van der Waals surface area (Å²) in [4.78, 5) is 4.20. The van der Waals surface area contributed by atoms with Crippen LogP contribution in [0.25, 0.3) is 0 Å². The van der Waals surface area contributed by atoms with Crippen molar-refractivity contribution in [2.75, 3.05) is 5.32 Å². The van der Waals surface area contributed by atoms with Crippen LogP contribution in [0, 0.1) is 0 Å². The molecule has 10 heteroatoms. The molecule has 0 atom stereocenters. The van der Waals surface area contributed by atoms with Gasteiger partial charge in [-0.2, -0.15) is 0 Å². The molecule has 0 fully saturated rings. The molecule has 1 aliphatic heterocycles. The number of fused-ring (bicyclic) bond motifs is 1. The van der Waals surface area contributed by atoms with E-state index in [1.54, 1.807) is 6.07 Å². The molecule has 1 aromatic carbocycles. The van der Waals surface area contributed by atoms with Crippen molar-refractivity contribution in [2.24, 2.45) is 10.7 Å². The minimum atomic E-state index is -4.75. The molecule has 0 radical (unpaired) electrons. The summed E-state index contributed by atoms with van der Waals surface area (Å²) in [6.07, 6.45) is -0.519. The molecule has 3 N–H and O–H groups in total. The second-order valence-electron chi connectivity index (χ2n) is 5.90. The Hall–Kier alpha value is -2.78. The van der Waals surface area contributed by atoms with Crippen LogP contribution in [0.2, 0.25) is 0 Å². The Morgan fingerprint density at radius 1 is 1.27 bits per heavy atom. The molecule has 0 saturated heterocycles. The quantitative estimate of drug-likeness (QED) is 0.640. The smallest absolute Gasteiger partial charge is 0.406 e. The molecule has 0 spiro atoms. The molecule has 0 saturated carbocycles. The van der Waals surface area contributed by atoms with Gasteiger partial charge in [0, 0.05) is 24.7 Å². The van der Waals surface area contributed by atoms with E-state index >= 15 is 0 Å². The number of guanidine groups is 1. The van der Waals surface area contributed by atoms with Gasteiger partial charge < -0.3 is 20.4 Å². The number of aryl methyl sites for hydroxylation is 1. The average Bonchev–Trinajstić information content (AvgIpc) is 2.78. The number of anilines is 1. The standard InChI is InChI=1S/C16H19F3N6O/c17-16(18,19)26-12-6-4-5-11(9-12)22-15(20)21-10-14-24-23-13-7-2-1-3-8-25(13)14/h4-6,9H,1-3,7-8,10H2,(H3,20,21,22). The molecule has 0 unspecified atom stereocenters. The van der Waals surface area contributed by atoms with Crippen LogP contribution >= 0.6 is 0 Å². The Balaban J connectivity index is 1.64. The van der Waals surface area contributed by atoms with Crippen molar-refractivity contribution < 1.29 is 17.9 Å². The molecule has 1 aliphatic rings. The lowest BCUT2D eigenvalue weighted by molar-refractivity contribution is -0.274. The maximum absolute atomic E-state index is 12.3. The Morgan fingerprint density at radius 3 is 2.92 bits per heavy atom. The molecular weight excluding hydrogens is 349 g/mol. The van der Waals surface area contributed by atoms with Gasteiger partial charge in [-0.05, 0) is 25.0 Å². The van der Waals surface area contributed by atoms with E-state index in [2.05, 4.69) is 29.8 Å². The Bertz CT molecular complexity index is 787. The highest BCUT2D eigenvalue weighted by molar-refractivity contribution is 5.92. The fourth-order valence-electron chi connectivity index (χ4n) is 2.78. The number of nitrogens with two attached hydrogens (primary N) is 1. The first-order valence-corrected chi connectivity index (χ1v) is 8.24. The molecule has 2 heterocycles. The van der Waals surface area contributed by atoms with Gasteiger partial charge in [-0.1, -0.05) is 12.5 Å². The number of hydrogen-bond donors (Lipinski definition) is 2. The van der Waals surface area contributed by atoms with E-state index in [0.717, 1.165) is 43.9 Å². The molecule has 0 aliphatic carbocycles. The molecule has 3 rings (SSSR count). The number of hydrogen-bond acceptors (Lipinski definition) is 4. The van der Waals surface area contributed by atoms with Crippen molar-refractivity contribution in [2.45, 2.75) is 45.1 Å². The van der Waals surface area contributed by atoms with Crippen molar-refractivity contribution in [1.29, 1.82) is 0 Å². The first-order valence-electron chi connectivity index (χ1n) is 8.24. The highest BCUT2D eigenvalue weighted by atomic mass is 19.4. The highest BCUT2D eigenvalue weighted by Gasteiger charge is 2.31. The molecule has 140 valence electrons. The maximum Gasteiger partial charge on any atom is 0.573 e. The van der Waals surface area contributed by atoms with Crippen molar-refractivity contribution in [3.63, 3.8) is 0 Å². The van der Waals surface area contributed by atoms with Crippen LogP contribution in [-0.2, 0) is 19.5 Å². The van der Waals surface area contributed by atoms with E-state index in [-0.39, 0.29) is 18.3 Å². The van der Waals surface area contributed by atoms with E-state index in [4.69, 9.17) is 5.73 Å². The second kappa shape index (κ2) is 7.63. The van der Waals surface area contributed by atoms with Gasteiger partial charge in [0.05, 0.1) is 0 Å². The lowest BCUT2D eigenvalue weighted by Gasteiger charge is -2.11. The molecule has 1 aromatic heterocycles. The van der Waals surface area contributed by atoms with Crippen molar-refractivity contribution in [3.8, 4) is 5.75 Å². The van der Waals surface area contributed by atoms with Crippen LogP contribution in [0.3, 0.4) is 0 Å². The van der Waals surface area contributed by atoms with E-state index in [1.165, 1.54) is 18.2 Å². The van der Waals surface area contributed by atoms with Gasteiger partial charge in [-0.3, -0.25) is 0 Å². The van der Waals surface area contributed by atoms with Crippen LogP contribution in [-0.4, -0.2) is 27.1 Å². The number of rotatable bonds is 4. The largest absolute Gasteiger partial charge is 0.573 e. The van der Waals surface area contributed by atoms with E-state index in [0.29, 0.717) is 5.69 Å². The third-order valence-electron chi connectivity index (χ3n) is 3.92. The lowest BCUT2D eigenvalue weighted by atomic mass is 10.2. The molecule has 0 amide bonds. The van der Waals surface area contributed by atoms with Gasteiger partial charge in [0.2, 0.25) is 0 Å². The zero-order valence-electron chi connectivity index (χ0n) is 14.0. The molecular formula is C16H19F3N6O. The summed E-state index contributed by atoms with van der Waals surface area (Å²) in [6.45, 7) is 1.10. The van der Waals surface area contributed by atoms with Gasteiger partial charge in [0.1, 0.15) is 18.1 Å². The monoisotopic (exact) mass is 368 g/mol. The number of nitrogens with zero attached hydrogens (tertiary/aromatic N) is 4. The fourth-order valence-corrected chi connectivity index (χ4v) is 2.78. The Morgan fingerprint density at radius 2 is 2.12 bits per heavy atom. The first-order chi connectivity index (χ1) is 12.4. The fraction of sp³-hybridized carbons (Fsp3) is 0.438. The molecule has 7 nitrogen and oxygen atoms in total. The maximum atomic E-state index is 12.3. The predicted molar refractivity (Wildman–Crippen MR) is 89.7 cm³/mol. The molecule has 0 bridgehead atoms. The lowest BCUT2D eigenvalue weighted by Crippen LogP contribution is -2.23. The van der Waals surface area contributed by atoms with Crippen molar-refractivity contribution in [3.05, 3.63) is 35.9 Å². The van der Waals surface area contributed by atoms with Gasteiger partial charge in [-0.25, -0.2) is 4.99 Å². The van der Waals surface area contributed by atoms with Crippen LogP contribution in [0.4, 0.5) is 18.9 Å². The minimum Gasteiger partial charge on any atom is -0.406 e. The van der Waals surface area contributed by atoms with Crippen molar-refractivity contribution in [1.82, 2.24) is 14.8 Å². The highest BCUT2D eigenvalue weighted by Crippen LogP contribution is 2.25. The van der Waals surface area contributed by atoms with Crippen LogP contribution in [0.1, 0.15) is 30.9 Å². The topological polar surface area (TPSA) is 90.4 Å². The van der Waals surface area contributed by atoms with Crippen LogP contribution in [0.5, 0.6) is 5.75 Å². The van der Waals surface area contributed by atoms with Crippen LogP contribution < -0.4 is 15.8 Å². The number of aliphatic imine (C=N–C) groups is 1. The summed E-state index contributed by atoms with van der Waals surface area (Å²) < 4.78 is 42.8. The van der Waals surface area contributed by atoms with Crippen molar-refractivity contribution >= 4 is 11.6 Å². The third-order valence-corrected chi connectivity index (χ3v) is 3.92. The van der Waals surface area contributed by atoms with Crippen LogP contribution in [0.15, 0.2) is 29.3 Å². The first kappa shape index (κ1) is 18.0. The normalized spacial score (nSPS) is 15.3. The van der Waals surface area contributed by atoms with Gasteiger partial charge in [0.25, 0.3) is 0 Å². The number of alkyl halides is 3. The zero-order chi connectivity index (χ0) is 18.6. The van der Waals surface area contributed by atoms with Gasteiger partial charge in [-0.15, -0.1) is 23.4 Å². The van der Waals surface area contributed by atoms with E-state index < -0.39 is 6.36 Å². The number of nitrogens with one attached hydrogen (secondary N) is 1. The summed E-state index contributed by atoms with van der Waals surface area (Å²) in [7, 11) is 0. The minimum absolute atomic E-state index is 0.0696. The van der Waals surface area contributed by atoms with Gasteiger partial charge in [0.15, 0.2) is 11.8 Å². The Kier molecular flexibility index (Phi) is 5.29.